The second kappa shape index (κ2) is 11.6. The molecule has 2 N–H and O–H groups in total. The fourth-order valence-corrected chi connectivity index (χ4v) is 7.75. The number of carbonyl (C=O) groups is 3. The first-order valence-electron chi connectivity index (χ1n) is 14.9. The maximum Gasteiger partial charge on any atom is 0.246 e. The monoisotopic (exact) mass is 573 g/mol. The molecule has 3 fully saturated rings. The number of carbonyl (C=O) groups excluding carboxylic acids is 3. The Morgan fingerprint density at radius 1 is 1.07 bits per heavy atom. The van der Waals surface area contributed by atoms with E-state index < -0.39 is 29.6 Å². The van der Waals surface area contributed by atoms with Crippen LogP contribution in [0.5, 0.6) is 0 Å². The van der Waals surface area contributed by atoms with E-state index in [0.29, 0.717) is 12.1 Å². The standard InChI is InChI=1S/C33H39N3O4S/c1-21(16-17-22-10-5-3-6-11-22)36-29(31(38)34-23-12-7-4-8-13-23)33-19-18-26(40-33)27(28(33)32(36)39)30(37)35-24-14-9-15-25(20-24)41-2/h3,5-6,9-11,14-15,18-21,23,26-29H,4,7-8,12-13,16-17H2,1-2H3,(H,34,38)(H,35,37)/t21-,26+,27-,28+,29+,33+/m0/s1. The number of anilines is 1. The van der Waals surface area contributed by atoms with Crippen molar-refractivity contribution in [2.45, 2.75) is 86.6 Å². The number of hydrogen-bond donors (Lipinski definition) is 2. The number of rotatable bonds is 9. The summed E-state index contributed by atoms with van der Waals surface area (Å²) in [6, 6.07) is 16.9. The van der Waals surface area contributed by atoms with Gasteiger partial charge < -0.3 is 20.3 Å². The van der Waals surface area contributed by atoms with Crippen molar-refractivity contribution in [1.82, 2.24) is 10.2 Å². The Labute approximate surface area is 246 Å². The van der Waals surface area contributed by atoms with Gasteiger partial charge >= 0.3 is 0 Å². The Morgan fingerprint density at radius 2 is 1.85 bits per heavy atom. The van der Waals surface area contributed by atoms with Gasteiger partial charge in [-0.3, -0.25) is 14.4 Å². The zero-order valence-electron chi connectivity index (χ0n) is 23.8. The second-order valence-corrected chi connectivity index (χ2v) is 12.8. The van der Waals surface area contributed by atoms with Gasteiger partial charge in [0.2, 0.25) is 17.7 Å². The molecule has 1 saturated carbocycles. The van der Waals surface area contributed by atoms with Gasteiger partial charge in [0.15, 0.2) is 0 Å². The van der Waals surface area contributed by atoms with E-state index in [1.54, 1.807) is 16.7 Å². The minimum absolute atomic E-state index is 0.105. The Bertz CT molecular complexity index is 1330. The molecule has 3 aliphatic heterocycles. The van der Waals surface area contributed by atoms with Gasteiger partial charge in [-0.1, -0.05) is 67.8 Å². The third-order valence-corrected chi connectivity index (χ3v) is 10.0. The lowest BCUT2D eigenvalue weighted by atomic mass is 9.74. The van der Waals surface area contributed by atoms with E-state index >= 15 is 0 Å². The molecule has 2 saturated heterocycles. The summed E-state index contributed by atoms with van der Waals surface area (Å²) in [5, 5.41) is 6.31. The molecule has 216 valence electrons. The number of ether oxygens (including phenoxy) is 1. The second-order valence-electron chi connectivity index (χ2n) is 11.9. The Hall–Kier alpha value is -3.10. The summed E-state index contributed by atoms with van der Waals surface area (Å²) < 4.78 is 6.54. The van der Waals surface area contributed by atoms with Crippen molar-refractivity contribution in [2.75, 3.05) is 11.6 Å². The van der Waals surface area contributed by atoms with Crippen molar-refractivity contribution >= 4 is 35.2 Å². The SMILES string of the molecule is CSc1cccc(NC(=O)[C@H]2[C@H]3C=C[C@@]4(O3)[C@H]2C(=O)N([C@@H](C)CCc2ccccc2)[C@@H]4C(=O)NC2CCCCC2)c1. The summed E-state index contributed by atoms with van der Waals surface area (Å²) in [5.74, 6) is -2.04. The molecule has 6 atom stereocenters. The van der Waals surface area contributed by atoms with Gasteiger partial charge in [-0.05, 0) is 62.6 Å². The quantitative estimate of drug-likeness (QED) is 0.327. The van der Waals surface area contributed by atoms with Crippen LogP contribution in [0.15, 0.2) is 71.6 Å². The van der Waals surface area contributed by atoms with Crippen LogP contribution in [0, 0.1) is 11.8 Å². The number of nitrogens with one attached hydrogen (secondary N) is 2. The zero-order valence-corrected chi connectivity index (χ0v) is 24.6. The van der Waals surface area contributed by atoms with Crippen LogP contribution in [0.2, 0.25) is 0 Å². The third kappa shape index (κ3) is 5.21. The first kappa shape index (κ1) is 28.0. The van der Waals surface area contributed by atoms with Gasteiger partial charge in [-0.15, -0.1) is 11.8 Å². The highest BCUT2D eigenvalue weighted by Gasteiger charge is 2.73. The number of amides is 3. The largest absolute Gasteiger partial charge is 0.359 e. The van der Waals surface area contributed by atoms with Gasteiger partial charge in [0.05, 0.1) is 17.9 Å². The number of thioether (sulfide) groups is 1. The maximum atomic E-state index is 14.3. The number of nitrogens with zero attached hydrogens (tertiary/aromatic N) is 1. The van der Waals surface area contributed by atoms with E-state index in [0.717, 1.165) is 37.0 Å². The molecule has 3 heterocycles. The Morgan fingerprint density at radius 3 is 2.61 bits per heavy atom. The molecule has 8 heteroatoms. The highest BCUT2D eigenvalue weighted by molar-refractivity contribution is 7.98. The molecule has 2 bridgehead atoms. The summed E-state index contributed by atoms with van der Waals surface area (Å²) in [6.45, 7) is 2.01. The lowest BCUT2D eigenvalue weighted by molar-refractivity contribution is -0.143. The molecule has 6 rings (SSSR count). The molecule has 4 aliphatic rings. The average Bonchev–Trinajstić information content (AvgIpc) is 3.64. The predicted molar refractivity (Wildman–Crippen MR) is 160 cm³/mol. The lowest BCUT2D eigenvalue weighted by Gasteiger charge is -2.36. The highest BCUT2D eigenvalue weighted by Crippen LogP contribution is 2.56. The molecule has 2 aromatic rings. The Kier molecular flexibility index (Phi) is 7.97. The molecule has 0 unspecified atom stereocenters. The number of fused-ring (bicyclic) bond motifs is 1. The first-order valence-corrected chi connectivity index (χ1v) is 16.1. The maximum absolute atomic E-state index is 14.3. The average molecular weight is 574 g/mol. The van der Waals surface area contributed by atoms with Crippen molar-refractivity contribution < 1.29 is 19.1 Å². The van der Waals surface area contributed by atoms with Crippen LogP contribution in [0.25, 0.3) is 0 Å². The Balaban J connectivity index is 1.29. The van der Waals surface area contributed by atoms with E-state index in [-0.39, 0.29) is 29.8 Å². The van der Waals surface area contributed by atoms with E-state index in [4.69, 9.17) is 4.74 Å². The van der Waals surface area contributed by atoms with E-state index in [1.807, 2.05) is 67.8 Å². The van der Waals surface area contributed by atoms with Crippen LogP contribution in [0.3, 0.4) is 0 Å². The summed E-state index contributed by atoms with van der Waals surface area (Å²) in [5.41, 5.74) is 0.729. The molecule has 1 spiro atoms. The number of likely N-dealkylation sites (tertiary alicyclic amines) is 1. The van der Waals surface area contributed by atoms with Gasteiger partial charge in [0.1, 0.15) is 11.6 Å². The summed E-state index contributed by atoms with van der Waals surface area (Å²) in [4.78, 5) is 45.0. The number of aryl methyl sites for hydroxylation is 1. The van der Waals surface area contributed by atoms with Crippen LogP contribution in [-0.2, 0) is 25.5 Å². The van der Waals surface area contributed by atoms with Gasteiger partial charge in [-0.2, -0.15) is 0 Å². The van der Waals surface area contributed by atoms with Crippen LogP contribution >= 0.6 is 11.8 Å². The minimum Gasteiger partial charge on any atom is -0.359 e. The van der Waals surface area contributed by atoms with Crippen molar-refractivity contribution in [3.05, 3.63) is 72.3 Å². The molecular weight excluding hydrogens is 534 g/mol. The first-order chi connectivity index (χ1) is 19.9. The normalized spacial score (nSPS) is 29.4. The molecule has 1 aliphatic carbocycles. The van der Waals surface area contributed by atoms with E-state index in [1.165, 1.54) is 12.0 Å². The smallest absolute Gasteiger partial charge is 0.246 e. The molecule has 0 radical (unpaired) electrons. The zero-order chi connectivity index (χ0) is 28.6. The van der Waals surface area contributed by atoms with Gasteiger partial charge in [0.25, 0.3) is 0 Å². The summed E-state index contributed by atoms with van der Waals surface area (Å²) in [7, 11) is 0. The summed E-state index contributed by atoms with van der Waals surface area (Å²) >= 11 is 1.60. The van der Waals surface area contributed by atoms with E-state index in [9.17, 15) is 14.4 Å². The fraction of sp³-hybridized carbons (Fsp3) is 0.485. The third-order valence-electron chi connectivity index (χ3n) is 9.32. The lowest BCUT2D eigenvalue weighted by Crippen LogP contribution is -2.58. The fourth-order valence-electron chi connectivity index (χ4n) is 7.29. The van der Waals surface area contributed by atoms with Crippen molar-refractivity contribution in [3.8, 4) is 0 Å². The molecular formula is C33H39N3O4S. The van der Waals surface area contributed by atoms with Gasteiger partial charge in [0, 0.05) is 22.7 Å². The van der Waals surface area contributed by atoms with Crippen LogP contribution < -0.4 is 10.6 Å². The highest BCUT2D eigenvalue weighted by atomic mass is 32.2. The molecule has 0 aromatic heterocycles. The van der Waals surface area contributed by atoms with Gasteiger partial charge in [-0.25, -0.2) is 0 Å². The summed E-state index contributed by atoms with van der Waals surface area (Å²) in [6.07, 6.45) is 12.0. The van der Waals surface area contributed by atoms with Crippen LogP contribution in [-0.4, -0.2) is 58.7 Å². The molecule has 3 amide bonds. The predicted octanol–water partition coefficient (Wildman–Crippen LogP) is 4.97. The molecule has 41 heavy (non-hydrogen) atoms. The number of benzene rings is 2. The van der Waals surface area contributed by atoms with Crippen molar-refractivity contribution in [3.63, 3.8) is 0 Å². The van der Waals surface area contributed by atoms with Crippen molar-refractivity contribution in [2.24, 2.45) is 11.8 Å². The molecule has 2 aromatic carbocycles. The van der Waals surface area contributed by atoms with Crippen molar-refractivity contribution in [1.29, 1.82) is 0 Å². The topological polar surface area (TPSA) is 87.7 Å². The minimum atomic E-state index is -1.15. The number of hydrogen-bond acceptors (Lipinski definition) is 5. The van der Waals surface area contributed by atoms with Crippen LogP contribution in [0.4, 0.5) is 5.69 Å². The van der Waals surface area contributed by atoms with Crippen LogP contribution in [0.1, 0.15) is 51.0 Å². The van der Waals surface area contributed by atoms with E-state index in [2.05, 4.69) is 22.8 Å². The molecule has 7 nitrogen and oxygen atoms in total.